The lowest BCUT2D eigenvalue weighted by Crippen LogP contribution is -2.31. The van der Waals surface area contributed by atoms with Crippen LogP contribution in [0, 0.1) is 11.6 Å². The zero-order valence-electron chi connectivity index (χ0n) is 11.2. The highest BCUT2D eigenvalue weighted by Crippen LogP contribution is 2.17. The number of carbonyl (C=O) groups is 1. The molecule has 0 aliphatic carbocycles. The molecule has 110 valence electrons. The first-order chi connectivity index (χ1) is 9.97. The molecule has 2 amide bonds. The van der Waals surface area contributed by atoms with Crippen LogP contribution in [0.1, 0.15) is 5.56 Å². The van der Waals surface area contributed by atoms with Crippen molar-refractivity contribution in [1.82, 2.24) is 4.90 Å². The van der Waals surface area contributed by atoms with Crippen molar-refractivity contribution in [3.63, 3.8) is 0 Å². The summed E-state index contributed by atoms with van der Waals surface area (Å²) in [5.74, 6) is -2.09. The Balaban J connectivity index is 2.04. The Morgan fingerprint density at radius 2 is 1.95 bits per heavy atom. The summed E-state index contributed by atoms with van der Waals surface area (Å²) in [5.41, 5.74) is 0.637. The Morgan fingerprint density at radius 3 is 2.67 bits per heavy atom. The zero-order valence-corrected chi connectivity index (χ0v) is 12.0. The minimum atomic E-state index is -1.08. The summed E-state index contributed by atoms with van der Waals surface area (Å²) in [7, 11) is 1.55. The summed E-state index contributed by atoms with van der Waals surface area (Å²) in [6.45, 7) is 0.295. The molecule has 0 aliphatic rings. The van der Waals surface area contributed by atoms with Gasteiger partial charge < -0.3 is 10.2 Å². The fourth-order valence-corrected chi connectivity index (χ4v) is 2.00. The predicted octanol–water partition coefficient (Wildman–Crippen LogP) is 4.28. The first-order valence-corrected chi connectivity index (χ1v) is 6.56. The second kappa shape index (κ2) is 6.54. The van der Waals surface area contributed by atoms with E-state index in [4.69, 9.17) is 11.6 Å². The third-order valence-electron chi connectivity index (χ3n) is 2.85. The van der Waals surface area contributed by atoms with Crippen LogP contribution in [0.2, 0.25) is 5.02 Å². The fraction of sp³-hybridized carbons (Fsp3) is 0.133. The molecule has 0 fully saturated rings. The van der Waals surface area contributed by atoms with Gasteiger partial charge >= 0.3 is 6.03 Å². The van der Waals surface area contributed by atoms with E-state index in [9.17, 15) is 13.6 Å². The summed E-state index contributed by atoms with van der Waals surface area (Å²) in [5, 5.41) is 2.89. The second-order valence-corrected chi connectivity index (χ2v) is 4.95. The molecule has 2 aromatic rings. The number of nitrogens with one attached hydrogen (secondary N) is 1. The van der Waals surface area contributed by atoms with Crippen LogP contribution in [0.4, 0.5) is 19.3 Å². The van der Waals surface area contributed by atoms with Crippen molar-refractivity contribution in [2.24, 2.45) is 0 Å². The Kier molecular flexibility index (Phi) is 4.75. The Labute approximate surface area is 126 Å². The van der Waals surface area contributed by atoms with E-state index in [1.807, 2.05) is 6.07 Å². The number of benzene rings is 2. The molecular formula is C15H13ClF2N2O. The first kappa shape index (κ1) is 15.3. The summed E-state index contributed by atoms with van der Waals surface area (Å²) in [4.78, 5) is 13.3. The summed E-state index contributed by atoms with van der Waals surface area (Å²) in [6, 6.07) is 10.1. The highest BCUT2D eigenvalue weighted by atomic mass is 35.5. The number of nitrogens with zero attached hydrogens (tertiary/aromatic N) is 1. The first-order valence-electron chi connectivity index (χ1n) is 6.18. The Hall–Kier alpha value is -2.14. The third-order valence-corrected chi connectivity index (χ3v) is 3.08. The normalized spacial score (nSPS) is 10.3. The van der Waals surface area contributed by atoms with Gasteiger partial charge in [-0.2, -0.15) is 0 Å². The van der Waals surface area contributed by atoms with E-state index in [-0.39, 0.29) is 5.69 Å². The molecule has 0 aromatic heterocycles. The topological polar surface area (TPSA) is 32.3 Å². The van der Waals surface area contributed by atoms with E-state index in [0.717, 1.165) is 11.6 Å². The maximum Gasteiger partial charge on any atom is 0.321 e. The zero-order chi connectivity index (χ0) is 15.4. The number of halogens is 3. The average molecular weight is 311 g/mol. The van der Waals surface area contributed by atoms with E-state index in [1.54, 1.807) is 25.2 Å². The number of amides is 2. The molecule has 0 radical (unpaired) electrons. The van der Waals surface area contributed by atoms with Gasteiger partial charge in [-0.3, -0.25) is 0 Å². The van der Waals surface area contributed by atoms with Gasteiger partial charge in [0, 0.05) is 18.6 Å². The van der Waals surface area contributed by atoms with Crippen molar-refractivity contribution in [2.75, 3.05) is 12.4 Å². The van der Waals surface area contributed by atoms with Crippen molar-refractivity contribution in [2.45, 2.75) is 6.54 Å². The largest absolute Gasteiger partial charge is 0.323 e. The quantitative estimate of drug-likeness (QED) is 0.901. The molecule has 0 heterocycles. The molecular weight excluding hydrogens is 298 g/mol. The smallest absolute Gasteiger partial charge is 0.321 e. The van der Waals surface area contributed by atoms with Gasteiger partial charge in [-0.15, -0.1) is 0 Å². The molecule has 21 heavy (non-hydrogen) atoms. The number of hydrogen-bond acceptors (Lipinski definition) is 1. The lowest BCUT2D eigenvalue weighted by Gasteiger charge is -2.18. The minimum Gasteiger partial charge on any atom is -0.323 e. The van der Waals surface area contributed by atoms with Crippen LogP contribution < -0.4 is 5.32 Å². The SMILES string of the molecule is CN(Cc1cccc(Cl)c1)C(=O)Nc1cccc(F)c1F. The lowest BCUT2D eigenvalue weighted by molar-refractivity contribution is 0.220. The monoisotopic (exact) mass is 310 g/mol. The van der Waals surface area contributed by atoms with Crippen LogP contribution in [0.5, 0.6) is 0 Å². The van der Waals surface area contributed by atoms with Crippen LogP contribution in [-0.2, 0) is 6.54 Å². The van der Waals surface area contributed by atoms with E-state index < -0.39 is 17.7 Å². The second-order valence-electron chi connectivity index (χ2n) is 4.52. The van der Waals surface area contributed by atoms with Crippen LogP contribution in [-0.4, -0.2) is 18.0 Å². The van der Waals surface area contributed by atoms with E-state index in [2.05, 4.69) is 5.32 Å². The van der Waals surface area contributed by atoms with Gasteiger partial charge in [0.2, 0.25) is 0 Å². The average Bonchev–Trinajstić information content (AvgIpc) is 2.44. The van der Waals surface area contributed by atoms with Gasteiger partial charge in [0.05, 0.1) is 5.69 Å². The maximum atomic E-state index is 13.5. The molecule has 6 heteroatoms. The highest BCUT2D eigenvalue weighted by molar-refractivity contribution is 6.30. The lowest BCUT2D eigenvalue weighted by atomic mass is 10.2. The fourth-order valence-electron chi connectivity index (χ4n) is 1.79. The van der Waals surface area contributed by atoms with Crippen LogP contribution in [0.3, 0.4) is 0 Å². The standard InChI is InChI=1S/C15H13ClF2N2O/c1-20(9-10-4-2-5-11(16)8-10)15(21)19-13-7-3-6-12(17)14(13)18/h2-8H,9H2,1H3,(H,19,21). The van der Waals surface area contributed by atoms with Crippen molar-refractivity contribution in [3.8, 4) is 0 Å². The number of carbonyl (C=O) groups excluding carboxylic acids is 1. The molecule has 2 aromatic carbocycles. The number of anilines is 1. The van der Waals surface area contributed by atoms with Gasteiger partial charge in [-0.05, 0) is 29.8 Å². The van der Waals surface area contributed by atoms with Gasteiger partial charge in [0.15, 0.2) is 11.6 Å². The molecule has 0 saturated carbocycles. The highest BCUT2D eigenvalue weighted by Gasteiger charge is 2.14. The third kappa shape index (κ3) is 3.92. The van der Waals surface area contributed by atoms with Crippen LogP contribution >= 0.6 is 11.6 Å². The number of urea groups is 1. The number of hydrogen-bond donors (Lipinski definition) is 1. The summed E-state index contributed by atoms with van der Waals surface area (Å²) < 4.78 is 26.5. The van der Waals surface area contributed by atoms with Crippen molar-refractivity contribution >= 4 is 23.3 Å². The van der Waals surface area contributed by atoms with Gasteiger partial charge in [-0.1, -0.05) is 29.8 Å². The molecule has 1 N–H and O–H groups in total. The summed E-state index contributed by atoms with van der Waals surface area (Å²) in [6.07, 6.45) is 0. The molecule has 0 saturated heterocycles. The van der Waals surface area contributed by atoms with Crippen molar-refractivity contribution in [3.05, 3.63) is 64.7 Å². The van der Waals surface area contributed by atoms with Gasteiger partial charge in [0.1, 0.15) is 0 Å². The molecule has 2 rings (SSSR count). The number of rotatable bonds is 3. The van der Waals surface area contributed by atoms with E-state index >= 15 is 0 Å². The van der Waals surface area contributed by atoms with E-state index in [1.165, 1.54) is 17.0 Å². The molecule has 3 nitrogen and oxygen atoms in total. The summed E-state index contributed by atoms with van der Waals surface area (Å²) >= 11 is 5.87. The predicted molar refractivity (Wildman–Crippen MR) is 78.3 cm³/mol. The van der Waals surface area contributed by atoms with Crippen LogP contribution in [0.25, 0.3) is 0 Å². The molecule has 0 aliphatic heterocycles. The van der Waals surface area contributed by atoms with Gasteiger partial charge in [0.25, 0.3) is 0 Å². The molecule has 0 spiro atoms. The van der Waals surface area contributed by atoms with E-state index in [0.29, 0.717) is 11.6 Å². The minimum absolute atomic E-state index is 0.196. The maximum absolute atomic E-state index is 13.5. The van der Waals surface area contributed by atoms with Crippen molar-refractivity contribution < 1.29 is 13.6 Å². The molecule has 0 unspecified atom stereocenters. The Morgan fingerprint density at radius 1 is 1.24 bits per heavy atom. The molecule has 0 bridgehead atoms. The van der Waals surface area contributed by atoms with Gasteiger partial charge in [-0.25, -0.2) is 13.6 Å². The van der Waals surface area contributed by atoms with Crippen LogP contribution in [0.15, 0.2) is 42.5 Å². The molecule has 0 atom stereocenters. The van der Waals surface area contributed by atoms with Crippen molar-refractivity contribution in [1.29, 1.82) is 0 Å². The Bertz CT molecular complexity index is 664.